The van der Waals surface area contributed by atoms with Crippen molar-refractivity contribution in [2.45, 2.75) is 25.8 Å². The Labute approximate surface area is 100 Å². The van der Waals surface area contributed by atoms with Gasteiger partial charge in [0.2, 0.25) is 0 Å². The standard InChI is InChI=1S/C12H16ClNO2/c1-12(2,14)8-6-10-11(7-9(8)13)16-5-3-4-15-10/h6-7H,3-5,14H2,1-2H3. The van der Waals surface area contributed by atoms with Crippen molar-refractivity contribution in [2.24, 2.45) is 5.73 Å². The van der Waals surface area contributed by atoms with Gasteiger partial charge in [0, 0.05) is 23.0 Å². The third kappa shape index (κ3) is 2.25. The quantitative estimate of drug-likeness (QED) is 0.822. The van der Waals surface area contributed by atoms with E-state index >= 15 is 0 Å². The summed E-state index contributed by atoms with van der Waals surface area (Å²) in [6, 6.07) is 3.66. The highest BCUT2D eigenvalue weighted by Gasteiger charge is 2.22. The van der Waals surface area contributed by atoms with E-state index in [0.717, 1.165) is 17.7 Å². The Morgan fingerprint density at radius 1 is 1.19 bits per heavy atom. The lowest BCUT2D eigenvalue weighted by Gasteiger charge is -2.22. The van der Waals surface area contributed by atoms with Crippen molar-refractivity contribution >= 4 is 11.6 Å². The summed E-state index contributed by atoms with van der Waals surface area (Å²) in [6.07, 6.45) is 0.883. The fourth-order valence-electron chi connectivity index (χ4n) is 1.68. The maximum atomic E-state index is 6.18. The molecule has 0 bridgehead atoms. The maximum absolute atomic E-state index is 6.18. The summed E-state index contributed by atoms with van der Waals surface area (Å²) >= 11 is 6.18. The molecule has 16 heavy (non-hydrogen) atoms. The molecule has 0 saturated carbocycles. The number of hydrogen-bond acceptors (Lipinski definition) is 3. The molecule has 1 aromatic rings. The average Bonchev–Trinajstić information content (AvgIpc) is 2.39. The monoisotopic (exact) mass is 241 g/mol. The number of ether oxygens (including phenoxy) is 2. The summed E-state index contributed by atoms with van der Waals surface area (Å²) < 4.78 is 11.1. The minimum atomic E-state index is -0.484. The molecule has 2 rings (SSSR count). The molecule has 88 valence electrons. The highest BCUT2D eigenvalue weighted by atomic mass is 35.5. The fraction of sp³-hybridized carbons (Fsp3) is 0.500. The van der Waals surface area contributed by atoms with Crippen molar-refractivity contribution in [3.8, 4) is 11.5 Å². The van der Waals surface area contributed by atoms with Crippen molar-refractivity contribution in [1.29, 1.82) is 0 Å². The summed E-state index contributed by atoms with van der Waals surface area (Å²) in [4.78, 5) is 0. The lowest BCUT2D eigenvalue weighted by molar-refractivity contribution is 0.297. The van der Waals surface area contributed by atoms with E-state index in [-0.39, 0.29) is 0 Å². The molecule has 1 aliphatic rings. The normalized spacial score (nSPS) is 15.8. The van der Waals surface area contributed by atoms with E-state index < -0.39 is 5.54 Å². The zero-order valence-electron chi connectivity index (χ0n) is 9.55. The third-order valence-electron chi connectivity index (χ3n) is 2.53. The summed E-state index contributed by atoms with van der Waals surface area (Å²) in [5.74, 6) is 1.44. The van der Waals surface area contributed by atoms with Crippen LogP contribution in [0.1, 0.15) is 25.8 Å². The van der Waals surface area contributed by atoms with Crippen LogP contribution in [0.25, 0.3) is 0 Å². The predicted octanol–water partition coefficient (Wildman–Crippen LogP) is 2.70. The highest BCUT2D eigenvalue weighted by molar-refractivity contribution is 6.31. The molecule has 0 radical (unpaired) electrons. The van der Waals surface area contributed by atoms with Crippen LogP contribution in [0.3, 0.4) is 0 Å². The van der Waals surface area contributed by atoms with Crippen LogP contribution in [-0.4, -0.2) is 13.2 Å². The van der Waals surface area contributed by atoms with Gasteiger partial charge in [-0.05, 0) is 25.5 Å². The number of hydrogen-bond donors (Lipinski definition) is 1. The molecule has 4 heteroatoms. The summed E-state index contributed by atoms with van der Waals surface area (Å²) in [5.41, 5.74) is 6.44. The molecule has 3 nitrogen and oxygen atoms in total. The topological polar surface area (TPSA) is 44.5 Å². The summed E-state index contributed by atoms with van der Waals surface area (Å²) in [5, 5.41) is 0.622. The molecule has 0 amide bonds. The van der Waals surface area contributed by atoms with Gasteiger partial charge in [0.25, 0.3) is 0 Å². The van der Waals surface area contributed by atoms with E-state index in [1.165, 1.54) is 0 Å². The first-order valence-electron chi connectivity index (χ1n) is 5.37. The first-order valence-corrected chi connectivity index (χ1v) is 5.75. The van der Waals surface area contributed by atoms with E-state index in [0.29, 0.717) is 24.0 Å². The minimum Gasteiger partial charge on any atom is -0.490 e. The lowest BCUT2D eigenvalue weighted by atomic mass is 9.95. The Bertz CT molecular complexity index is 399. The molecule has 0 saturated heterocycles. The van der Waals surface area contributed by atoms with Crippen LogP contribution in [0.15, 0.2) is 12.1 Å². The Morgan fingerprint density at radius 3 is 2.31 bits per heavy atom. The van der Waals surface area contributed by atoms with E-state index in [2.05, 4.69) is 0 Å². The van der Waals surface area contributed by atoms with Gasteiger partial charge < -0.3 is 15.2 Å². The SMILES string of the molecule is CC(C)(N)c1cc2c(cc1Cl)OCCCO2. The smallest absolute Gasteiger partial charge is 0.162 e. The first-order chi connectivity index (χ1) is 7.48. The largest absolute Gasteiger partial charge is 0.490 e. The molecule has 1 aromatic carbocycles. The highest BCUT2D eigenvalue weighted by Crippen LogP contribution is 2.38. The van der Waals surface area contributed by atoms with Crippen LogP contribution in [0.2, 0.25) is 5.02 Å². The average molecular weight is 242 g/mol. The van der Waals surface area contributed by atoms with Crippen molar-refractivity contribution < 1.29 is 9.47 Å². The minimum absolute atomic E-state index is 0.484. The number of rotatable bonds is 1. The lowest BCUT2D eigenvalue weighted by Crippen LogP contribution is -2.29. The Kier molecular flexibility index (Phi) is 3.00. The number of fused-ring (bicyclic) bond motifs is 1. The molecule has 2 N–H and O–H groups in total. The van der Waals surface area contributed by atoms with Crippen molar-refractivity contribution in [1.82, 2.24) is 0 Å². The molecule has 0 aromatic heterocycles. The number of halogens is 1. The van der Waals surface area contributed by atoms with Crippen molar-refractivity contribution in [3.05, 3.63) is 22.7 Å². The molecule has 0 fully saturated rings. The second kappa shape index (κ2) is 4.15. The van der Waals surface area contributed by atoms with Crippen LogP contribution < -0.4 is 15.2 Å². The Morgan fingerprint density at radius 2 is 1.75 bits per heavy atom. The second-order valence-electron chi connectivity index (χ2n) is 4.55. The van der Waals surface area contributed by atoms with Gasteiger partial charge in [0.05, 0.1) is 13.2 Å². The zero-order valence-corrected chi connectivity index (χ0v) is 10.3. The van der Waals surface area contributed by atoms with Crippen LogP contribution >= 0.6 is 11.6 Å². The van der Waals surface area contributed by atoms with Gasteiger partial charge in [-0.1, -0.05) is 11.6 Å². The predicted molar refractivity (Wildman–Crippen MR) is 64.3 cm³/mol. The fourth-order valence-corrected chi connectivity index (χ4v) is 2.07. The molecular weight excluding hydrogens is 226 g/mol. The van der Waals surface area contributed by atoms with Gasteiger partial charge in [-0.3, -0.25) is 0 Å². The molecule has 0 spiro atoms. The van der Waals surface area contributed by atoms with Crippen molar-refractivity contribution in [2.75, 3.05) is 13.2 Å². The van der Waals surface area contributed by atoms with Gasteiger partial charge in [-0.15, -0.1) is 0 Å². The first kappa shape index (κ1) is 11.6. The second-order valence-corrected chi connectivity index (χ2v) is 4.96. The zero-order chi connectivity index (χ0) is 11.8. The van der Waals surface area contributed by atoms with E-state index in [1.54, 1.807) is 6.07 Å². The molecule has 0 aliphatic carbocycles. The van der Waals surface area contributed by atoms with Crippen LogP contribution in [0, 0.1) is 0 Å². The molecule has 1 heterocycles. The molecule has 0 unspecified atom stereocenters. The molecular formula is C12H16ClNO2. The summed E-state index contributed by atoms with van der Waals surface area (Å²) in [7, 11) is 0. The van der Waals surface area contributed by atoms with Gasteiger partial charge >= 0.3 is 0 Å². The number of benzene rings is 1. The Hall–Kier alpha value is -0.930. The third-order valence-corrected chi connectivity index (χ3v) is 2.84. The van der Waals surface area contributed by atoms with E-state index in [4.69, 9.17) is 26.8 Å². The molecule has 0 atom stereocenters. The van der Waals surface area contributed by atoms with E-state index in [1.807, 2.05) is 19.9 Å². The number of nitrogens with two attached hydrogens (primary N) is 1. The Balaban J connectivity index is 2.47. The van der Waals surface area contributed by atoms with Gasteiger partial charge in [-0.25, -0.2) is 0 Å². The van der Waals surface area contributed by atoms with Crippen LogP contribution in [0.4, 0.5) is 0 Å². The van der Waals surface area contributed by atoms with Crippen LogP contribution in [-0.2, 0) is 5.54 Å². The summed E-state index contributed by atoms with van der Waals surface area (Å²) in [6.45, 7) is 5.16. The maximum Gasteiger partial charge on any atom is 0.162 e. The van der Waals surface area contributed by atoms with Gasteiger partial charge in [-0.2, -0.15) is 0 Å². The van der Waals surface area contributed by atoms with Gasteiger partial charge in [0.15, 0.2) is 11.5 Å². The van der Waals surface area contributed by atoms with Crippen LogP contribution in [0.5, 0.6) is 11.5 Å². The van der Waals surface area contributed by atoms with E-state index in [9.17, 15) is 0 Å². The van der Waals surface area contributed by atoms with Crippen molar-refractivity contribution in [3.63, 3.8) is 0 Å². The van der Waals surface area contributed by atoms with Gasteiger partial charge in [0.1, 0.15) is 0 Å². The molecule has 1 aliphatic heterocycles.